The van der Waals surface area contributed by atoms with Crippen molar-refractivity contribution in [2.45, 2.75) is 19.4 Å². The summed E-state index contributed by atoms with van der Waals surface area (Å²) in [6.07, 6.45) is 4.80. The number of likely N-dealkylation sites (tertiary alicyclic amines) is 1. The van der Waals surface area contributed by atoms with Gasteiger partial charge in [0.15, 0.2) is 0 Å². The maximum Gasteiger partial charge on any atom is 0.265 e. The van der Waals surface area contributed by atoms with Gasteiger partial charge in [-0.25, -0.2) is 4.98 Å². The molecule has 4 rings (SSSR count). The topological polar surface area (TPSA) is 66.3 Å². The average Bonchev–Trinajstić information content (AvgIpc) is 3.34. The van der Waals surface area contributed by atoms with Crippen molar-refractivity contribution in [3.63, 3.8) is 0 Å². The van der Waals surface area contributed by atoms with Crippen LogP contribution in [0.25, 0.3) is 10.6 Å². The Morgan fingerprint density at radius 1 is 1.26 bits per heavy atom. The number of amides is 1. The molecule has 2 fully saturated rings. The van der Waals surface area contributed by atoms with Crippen molar-refractivity contribution >= 4 is 42.1 Å². The maximum absolute atomic E-state index is 13.0. The van der Waals surface area contributed by atoms with Crippen LogP contribution in [0.4, 0.5) is 0 Å². The van der Waals surface area contributed by atoms with E-state index in [0.717, 1.165) is 66.8 Å². The number of nitrogens with zero attached hydrogens (tertiary/aromatic N) is 5. The van der Waals surface area contributed by atoms with Gasteiger partial charge in [0.2, 0.25) is 0 Å². The van der Waals surface area contributed by atoms with Crippen molar-refractivity contribution in [1.29, 1.82) is 0 Å². The summed E-state index contributed by atoms with van der Waals surface area (Å²) in [7, 11) is 1.89. The summed E-state index contributed by atoms with van der Waals surface area (Å²) in [5.41, 5.74) is 1.79. The van der Waals surface area contributed by atoms with E-state index >= 15 is 0 Å². The number of carbonyl (C=O) groups excluding carboxylic acids is 1. The highest BCUT2D eigenvalue weighted by atomic mass is 35.5. The minimum atomic E-state index is 0. The number of hydrogen-bond donors (Lipinski definition) is 1. The zero-order chi connectivity index (χ0) is 17.4. The molecule has 150 valence electrons. The number of thiazole rings is 1. The van der Waals surface area contributed by atoms with Crippen molar-refractivity contribution in [1.82, 2.24) is 29.9 Å². The first kappa shape index (κ1) is 22.1. The minimum Gasteiger partial charge on any atom is -0.336 e. The molecule has 1 unspecified atom stereocenters. The number of hydrogen-bond acceptors (Lipinski definition) is 6. The number of carbonyl (C=O) groups is 1. The van der Waals surface area contributed by atoms with Crippen molar-refractivity contribution < 1.29 is 4.79 Å². The molecular weight excluding hydrogens is 407 g/mol. The molecular formula is C17H26Cl2N6OS. The van der Waals surface area contributed by atoms with E-state index in [4.69, 9.17) is 0 Å². The molecule has 1 atom stereocenters. The Kier molecular flexibility index (Phi) is 7.64. The van der Waals surface area contributed by atoms with Crippen LogP contribution in [0.3, 0.4) is 0 Å². The van der Waals surface area contributed by atoms with E-state index in [1.165, 1.54) is 11.3 Å². The Bertz CT molecular complexity index is 773. The zero-order valence-corrected chi connectivity index (χ0v) is 18.0. The molecule has 4 heterocycles. The van der Waals surface area contributed by atoms with E-state index in [2.05, 4.69) is 20.3 Å². The second-order valence-electron chi connectivity index (χ2n) is 6.82. The summed E-state index contributed by atoms with van der Waals surface area (Å²) in [5, 5.41) is 8.45. The number of aromatic nitrogens is 3. The standard InChI is InChI=1S/C17H24N6OS.2ClH/c1-12-15(25-16(20-12)13-9-19-21(2)10-13)17(24)23-6-3-14(11-23)22-7-4-18-5-8-22;;/h9-10,14,18H,3-8,11H2,1-2H3;2*1H. The predicted octanol–water partition coefficient (Wildman–Crippen LogP) is 1.82. The van der Waals surface area contributed by atoms with Crippen LogP contribution in [0, 0.1) is 6.92 Å². The summed E-state index contributed by atoms with van der Waals surface area (Å²) in [4.78, 5) is 22.9. The van der Waals surface area contributed by atoms with Crippen LogP contribution >= 0.6 is 36.2 Å². The molecule has 2 aromatic heterocycles. The SMILES string of the molecule is Cc1nc(-c2cnn(C)c2)sc1C(=O)N1CCC(N2CCNCC2)C1.Cl.Cl. The lowest BCUT2D eigenvalue weighted by molar-refractivity contribution is 0.0777. The molecule has 0 saturated carbocycles. The van der Waals surface area contributed by atoms with Gasteiger partial charge in [0.05, 0.1) is 11.9 Å². The van der Waals surface area contributed by atoms with Crippen LogP contribution in [0.2, 0.25) is 0 Å². The molecule has 27 heavy (non-hydrogen) atoms. The number of nitrogens with one attached hydrogen (secondary N) is 1. The van der Waals surface area contributed by atoms with Crippen molar-refractivity contribution in [3.05, 3.63) is 23.0 Å². The van der Waals surface area contributed by atoms with Gasteiger partial charge < -0.3 is 10.2 Å². The van der Waals surface area contributed by atoms with Crippen molar-refractivity contribution in [2.24, 2.45) is 7.05 Å². The van der Waals surface area contributed by atoms with Crippen molar-refractivity contribution in [2.75, 3.05) is 39.3 Å². The number of piperazine rings is 1. The first-order chi connectivity index (χ1) is 12.1. The van der Waals surface area contributed by atoms with E-state index in [9.17, 15) is 4.79 Å². The third-order valence-electron chi connectivity index (χ3n) is 5.06. The molecule has 2 aliphatic rings. The molecule has 0 aliphatic carbocycles. The second kappa shape index (κ2) is 9.34. The minimum absolute atomic E-state index is 0. The first-order valence-electron chi connectivity index (χ1n) is 8.82. The van der Waals surface area contributed by atoms with E-state index in [1.807, 2.05) is 25.1 Å². The molecule has 0 aromatic carbocycles. The second-order valence-corrected chi connectivity index (χ2v) is 7.81. The lowest BCUT2D eigenvalue weighted by Crippen LogP contribution is -2.49. The smallest absolute Gasteiger partial charge is 0.265 e. The normalized spacial score (nSPS) is 20.2. The molecule has 0 radical (unpaired) electrons. The molecule has 2 aliphatic heterocycles. The van der Waals surface area contributed by atoms with Gasteiger partial charge in [0.1, 0.15) is 9.88 Å². The van der Waals surface area contributed by atoms with Crippen LogP contribution in [0.5, 0.6) is 0 Å². The molecule has 1 amide bonds. The van der Waals surface area contributed by atoms with E-state index in [-0.39, 0.29) is 30.7 Å². The summed E-state index contributed by atoms with van der Waals surface area (Å²) in [6.45, 7) is 7.85. The molecule has 10 heteroatoms. The fourth-order valence-corrected chi connectivity index (χ4v) is 4.67. The van der Waals surface area contributed by atoms with Gasteiger partial charge in [-0.2, -0.15) is 5.10 Å². The van der Waals surface area contributed by atoms with E-state index < -0.39 is 0 Å². The third-order valence-corrected chi connectivity index (χ3v) is 6.26. The fraction of sp³-hybridized carbons (Fsp3) is 0.588. The highest BCUT2D eigenvalue weighted by Gasteiger charge is 2.32. The Labute approximate surface area is 175 Å². The van der Waals surface area contributed by atoms with Crippen LogP contribution < -0.4 is 5.32 Å². The summed E-state index contributed by atoms with van der Waals surface area (Å²) < 4.78 is 1.76. The molecule has 1 N–H and O–H groups in total. The summed E-state index contributed by atoms with van der Waals surface area (Å²) >= 11 is 1.48. The first-order valence-corrected chi connectivity index (χ1v) is 9.64. The molecule has 2 saturated heterocycles. The Balaban J connectivity index is 0.00000131. The number of halogens is 2. The van der Waals surface area contributed by atoms with Crippen molar-refractivity contribution in [3.8, 4) is 10.6 Å². The van der Waals surface area contributed by atoms with Gasteiger partial charge >= 0.3 is 0 Å². The Hall–Kier alpha value is -1.19. The predicted molar refractivity (Wildman–Crippen MR) is 112 cm³/mol. The highest BCUT2D eigenvalue weighted by molar-refractivity contribution is 7.17. The van der Waals surface area contributed by atoms with Gasteiger partial charge in [-0.3, -0.25) is 14.4 Å². The molecule has 0 bridgehead atoms. The van der Waals surface area contributed by atoms with Crippen LogP contribution in [-0.2, 0) is 7.05 Å². The molecule has 0 spiro atoms. The van der Waals surface area contributed by atoms with E-state index in [1.54, 1.807) is 10.9 Å². The largest absolute Gasteiger partial charge is 0.336 e. The van der Waals surface area contributed by atoms with Gasteiger partial charge in [-0.05, 0) is 13.3 Å². The lowest BCUT2D eigenvalue weighted by Gasteiger charge is -2.32. The molecule has 7 nitrogen and oxygen atoms in total. The number of aryl methyl sites for hydroxylation is 2. The number of rotatable bonds is 3. The zero-order valence-electron chi connectivity index (χ0n) is 15.6. The Morgan fingerprint density at radius 3 is 2.67 bits per heavy atom. The quantitative estimate of drug-likeness (QED) is 0.800. The summed E-state index contributed by atoms with van der Waals surface area (Å²) in [5.74, 6) is 0.128. The van der Waals surface area contributed by atoms with Gasteiger partial charge in [0.25, 0.3) is 5.91 Å². The average molecular weight is 433 g/mol. The maximum atomic E-state index is 13.0. The van der Waals surface area contributed by atoms with E-state index in [0.29, 0.717) is 6.04 Å². The summed E-state index contributed by atoms with van der Waals surface area (Å²) in [6, 6.07) is 0.497. The van der Waals surface area contributed by atoms with Crippen LogP contribution in [0.1, 0.15) is 21.8 Å². The Morgan fingerprint density at radius 2 is 2.00 bits per heavy atom. The van der Waals surface area contributed by atoms with Crippen LogP contribution in [0.15, 0.2) is 12.4 Å². The molecule has 2 aromatic rings. The van der Waals surface area contributed by atoms with Gasteiger partial charge in [-0.1, -0.05) is 0 Å². The third kappa shape index (κ3) is 4.63. The van der Waals surface area contributed by atoms with Crippen LogP contribution in [-0.4, -0.2) is 75.8 Å². The lowest BCUT2D eigenvalue weighted by atomic mass is 10.2. The fourth-order valence-electron chi connectivity index (χ4n) is 3.67. The van der Waals surface area contributed by atoms with Gasteiger partial charge in [0, 0.05) is 64.1 Å². The highest BCUT2D eigenvalue weighted by Crippen LogP contribution is 2.29. The monoisotopic (exact) mass is 432 g/mol. The van der Waals surface area contributed by atoms with Gasteiger partial charge in [-0.15, -0.1) is 36.2 Å².